The molecule has 3 atom stereocenters. The van der Waals surface area contributed by atoms with Crippen molar-refractivity contribution in [3.8, 4) is 0 Å². The molecule has 1 aromatic rings. The predicted molar refractivity (Wildman–Crippen MR) is 71.2 cm³/mol. The van der Waals surface area contributed by atoms with Crippen molar-refractivity contribution in [2.45, 2.75) is 50.8 Å². The van der Waals surface area contributed by atoms with Gasteiger partial charge in [0, 0.05) is 5.38 Å². The smallest absolute Gasteiger partial charge is 0.0333 e. The summed E-state index contributed by atoms with van der Waals surface area (Å²) in [6.07, 6.45) is 5.18. The molecule has 1 aliphatic carbocycles. The van der Waals surface area contributed by atoms with Gasteiger partial charge in [-0.15, -0.1) is 11.6 Å². The maximum Gasteiger partial charge on any atom is 0.0333 e. The van der Waals surface area contributed by atoms with E-state index in [9.17, 15) is 0 Å². The van der Waals surface area contributed by atoms with Crippen LogP contribution in [0, 0.1) is 5.92 Å². The van der Waals surface area contributed by atoms with E-state index in [-0.39, 0.29) is 5.38 Å². The Morgan fingerprint density at radius 1 is 1.31 bits per heavy atom. The van der Waals surface area contributed by atoms with Crippen LogP contribution in [0.25, 0.3) is 0 Å². The van der Waals surface area contributed by atoms with Gasteiger partial charge in [-0.3, -0.25) is 0 Å². The van der Waals surface area contributed by atoms with Crippen LogP contribution >= 0.6 is 11.6 Å². The van der Waals surface area contributed by atoms with E-state index in [1.807, 2.05) is 0 Å². The summed E-state index contributed by atoms with van der Waals surface area (Å²) >= 11 is 6.17. The van der Waals surface area contributed by atoms with Crippen LogP contribution in [0.4, 0.5) is 0 Å². The Bertz CT molecular complexity index is 343. The van der Waals surface area contributed by atoms with Crippen molar-refractivity contribution in [3.63, 3.8) is 0 Å². The first-order valence-corrected chi connectivity index (χ1v) is 6.84. The van der Waals surface area contributed by atoms with E-state index in [2.05, 4.69) is 38.1 Å². The van der Waals surface area contributed by atoms with Gasteiger partial charge in [-0.05, 0) is 55.6 Å². The van der Waals surface area contributed by atoms with Gasteiger partial charge >= 0.3 is 0 Å². The Morgan fingerprint density at radius 2 is 2.06 bits per heavy atom. The van der Waals surface area contributed by atoms with E-state index >= 15 is 0 Å². The van der Waals surface area contributed by atoms with Crippen molar-refractivity contribution in [2.24, 2.45) is 5.92 Å². The highest BCUT2D eigenvalue weighted by Gasteiger charge is 2.23. The zero-order chi connectivity index (χ0) is 11.5. The van der Waals surface area contributed by atoms with Gasteiger partial charge in [0.1, 0.15) is 0 Å². The van der Waals surface area contributed by atoms with Gasteiger partial charge < -0.3 is 0 Å². The van der Waals surface area contributed by atoms with E-state index in [1.165, 1.54) is 25.7 Å². The van der Waals surface area contributed by atoms with Gasteiger partial charge in [-0.2, -0.15) is 0 Å². The Labute approximate surface area is 104 Å². The van der Waals surface area contributed by atoms with Crippen molar-refractivity contribution in [2.75, 3.05) is 0 Å². The lowest BCUT2D eigenvalue weighted by atomic mass is 9.78. The van der Waals surface area contributed by atoms with Crippen molar-refractivity contribution in [3.05, 3.63) is 35.4 Å². The minimum atomic E-state index is 0.286. The standard InChI is InChI=1S/C15H21Cl/c1-11(12(2)16)10-14-8-5-7-13-6-3-4-9-15(13)14/h3-4,6,9,11-12,14H,5,7-8,10H2,1-2H3. The fourth-order valence-corrected chi connectivity index (χ4v) is 2.84. The number of aryl methyl sites for hydroxylation is 1. The largest absolute Gasteiger partial charge is 0.123 e. The average molecular weight is 237 g/mol. The summed E-state index contributed by atoms with van der Waals surface area (Å²) < 4.78 is 0. The van der Waals surface area contributed by atoms with Crippen LogP contribution in [0.3, 0.4) is 0 Å². The van der Waals surface area contributed by atoms with E-state index < -0.39 is 0 Å². The number of hydrogen-bond acceptors (Lipinski definition) is 0. The first-order valence-electron chi connectivity index (χ1n) is 6.40. The summed E-state index contributed by atoms with van der Waals surface area (Å²) in [5, 5.41) is 0.286. The highest BCUT2D eigenvalue weighted by atomic mass is 35.5. The van der Waals surface area contributed by atoms with Gasteiger partial charge in [-0.1, -0.05) is 31.2 Å². The lowest BCUT2D eigenvalue weighted by molar-refractivity contribution is 0.421. The maximum absolute atomic E-state index is 6.17. The van der Waals surface area contributed by atoms with Crippen molar-refractivity contribution in [1.82, 2.24) is 0 Å². The molecule has 88 valence electrons. The molecule has 0 fully saturated rings. The molecule has 0 saturated heterocycles. The molecule has 0 saturated carbocycles. The minimum Gasteiger partial charge on any atom is -0.123 e. The van der Waals surface area contributed by atoms with Crippen LogP contribution in [-0.4, -0.2) is 5.38 Å². The minimum absolute atomic E-state index is 0.286. The molecule has 1 heteroatoms. The predicted octanol–water partition coefficient (Wildman–Crippen LogP) is 4.76. The topological polar surface area (TPSA) is 0 Å². The molecule has 2 rings (SSSR count). The van der Waals surface area contributed by atoms with Crippen molar-refractivity contribution < 1.29 is 0 Å². The molecule has 0 bridgehead atoms. The monoisotopic (exact) mass is 236 g/mol. The molecule has 0 aliphatic heterocycles. The molecule has 0 amide bonds. The summed E-state index contributed by atoms with van der Waals surface area (Å²) in [6, 6.07) is 8.93. The first kappa shape index (κ1) is 12.0. The molecular weight excluding hydrogens is 216 g/mol. The summed E-state index contributed by atoms with van der Waals surface area (Å²) in [7, 11) is 0. The summed E-state index contributed by atoms with van der Waals surface area (Å²) in [5.41, 5.74) is 3.14. The lowest BCUT2D eigenvalue weighted by Crippen LogP contribution is -2.16. The van der Waals surface area contributed by atoms with Crippen molar-refractivity contribution >= 4 is 11.6 Å². The molecule has 1 aliphatic rings. The quantitative estimate of drug-likeness (QED) is 0.664. The molecular formula is C15H21Cl. The zero-order valence-corrected chi connectivity index (χ0v) is 11.0. The number of alkyl halides is 1. The Kier molecular flexibility index (Phi) is 3.91. The van der Waals surface area contributed by atoms with Crippen LogP contribution in [0.5, 0.6) is 0 Å². The van der Waals surface area contributed by atoms with Gasteiger partial charge in [0.2, 0.25) is 0 Å². The third-order valence-electron chi connectivity index (χ3n) is 3.93. The summed E-state index contributed by atoms with van der Waals surface area (Å²) in [6.45, 7) is 4.38. The molecule has 0 N–H and O–H groups in total. The van der Waals surface area contributed by atoms with Crippen molar-refractivity contribution in [1.29, 1.82) is 0 Å². The second-order valence-electron chi connectivity index (χ2n) is 5.18. The Morgan fingerprint density at radius 3 is 2.81 bits per heavy atom. The molecule has 1 aromatic carbocycles. The van der Waals surface area contributed by atoms with E-state index in [1.54, 1.807) is 11.1 Å². The number of halogens is 1. The molecule has 0 heterocycles. The van der Waals surface area contributed by atoms with Crippen LogP contribution in [0.1, 0.15) is 50.2 Å². The van der Waals surface area contributed by atoms with Gasteiger partial charge in [-0.25, -0.2) is 0 Å². The second-order valence-corrected chi connectivity index (χ2v) is 5.87. The van der Waals surface area contributed by atoms with Crippen LogP contribution < -0.4 is 0 Å². The number of rotatable bonds is 3. The summed E-state index contributed by atoms with van der Waals surface area (Å²) in [4.78, 5) is 0. The SMILES string of the molecule is CC(Cl)C(C)CC1CCCc2ccccc21. The lowest BCUT2D eigenvalue weighted by Gasteiger charge is -2.28. The number of benzene rings is 1. The second kappa shape index (κ2) is 5.23. The Hall–Kier alpha value is -0.490. The molecule has 3 unspecified atom stereocenters. The van der Waals surface area contributed by atoms with Crippen LogP contribution in [0.15, 0.2) is 24.3 Å². The molecule has 0 nitrogen and oxygen atoms in total. The van der Waals surface area contributed by atoms with E-state index in [0.29, 0.717) is 5.92 Å². The van der Waals surface area contributed by atoms with Crippen LogP contribution in [-0.2, 0) is 6.42 Å². The fraction of sp³-hybridized carbons (Fsp3) is 0.600. The molecule has 0 radical (unpaired) electrons. The van der Waals surface area contributed by atoms with E-state index in [4.69, 9.17) is 11.6 Å². The zero-order valence-electron chi connectivity index (χ0n) is 10.2. The highest BCUT2D eigenvalue weighted by molar-refractivity contribution is 6.20. The Balaban J connectivity index is 2.13. The van der Waals surface area contributed by atoms with Gasteiger partial charge in [0.05, 0.1) is 0 Å². The van der Waals surface area contributed by atoms with Gasteiger partial charge in [0.25, 0.3) is 0 Å². The number of fused-ring (bicyclic) bond motifs is 1. The average Bonchev–Trinajstić information content (AvgIpc) is 2.29. The van der Waals surface area contributed by atoms with Gasteiger partial charge in [0.15, 0.2) is 0 Å². The van der Waals surface area contributed by atoms with E-state index in [0.717, 1.165) is 5.92 Å². The maximum atomic E-state index is 6.17. The summed E-state index contributed by atoms with van der Waals surface area (Å²) in [5.74, 6) is 1.35. The molecule has 0 spiro atoms. The first-order chi connectivity index (χ1) is 7.68. The number of hydrogen-bond donors (Lipinski definition) is 0. The molecule has 16 heavy (non-hydrogen) atoms. The fourth-order valence-electron chi connectivity index (χ4n) is 2.74. The third-order valence-corrected chi connectivity index (χ3v) is 4.36. The normalized spacial score (nSPS) is 23.6. The molecule has 0 aromatic heterocycles. The highest BCUT2D eigenvalue weighted by Crippen LogP contribution is 2.36. The van der Waals surface area contributed by atoms with Crippen LogP contribution in [0.2, 0.25) is 0 Å². The third kappa shape index (κ3) is 2.60.